The second kappa shape index (κ2) is 9.80. The van der Waals surface area contributed by atoms with Gasteiger partial charge in [0.2, 0.25) is 5.91 Å². The molecule has 0 atom stereocenters. The summed E-state index contributed by atoms with van der Waals surface area (Å²) in [6, 6.07) is 27.5. The average molecular weight is 488 g/mol. The average Bonchev–Trinajstić information content (AvgIpc) is 2.83. The molecule has 0 aliphatic heterocycles. The van der Waals surface area contributed by atoms with Crippen LogP contribution in [0, 0.1) is 5.41 Å². The number of fused-ring (bicyclic) bond motifs is 1. The predicted octanol–water partition coefficient (Wildman–Crippen LogP) is 6.24. The van der Waals surface area contributed by atoms with Crippen LogP contribution in [0.25, 0.3) is 10.8 Å². The summed E-state index contributed by atoms with van der Waals surface area (Å²) in [6.45, 7) is 6.13. The fraction of sp³-hybridized carbons (Fsp3) is 0.179. The summed E-state index contributed by atoms with van der Waals surface area (Å²) in [5.74, 6) is -0.113. The van der Waals surface area contributed by atoms with Crippen molar-refractivity contribution in [3.63, 3.8) is 0 Å². The monoisotopic (exact) mass is 487 g/mol. The molecular formula is C28H29N3O3S. The zero-order valence-corrected chi connectivity index (χ0v) is 20.8. The SMILES string of the molecule is CC(C)(C)C(=O)Nc1ccc(NS(=O)(=O)c2cccc3c(NCc4ccccc4)cccc23)cc1. The van der Waals surface area contributed by atoms with E-state index >= 15 is 0 Å². The van der Waals surface area contributed by atoms with Crippen LogP contribution in [-0.4, -0.2) is 14.3 Å². The van der Waals surface area contributed by atoms with Crippen LogP contribution in [-0.2, 0) is 21.4 Å². The Labute approximate surface area is 206 Å². The Balaban J connectivity index is 1.56. The van der Waals surface area contributed by atoms with E-state index in [2.05, 4.69) is 15.4 Å². The van der Waals surface area contributed by atoms with Crippen molar-refractivity contribution in [2.45, 2.75) is 32.2 Å². The van der Waals surface area contributed by atoms with E-state index in [1.165, 1.54) is 0 Å². The van der Waals surface area contributed by atoms with Gasteiger partial charge in [-0.1, -0.05) is 75.4 Å². The van der Waals surface area contributed by atoms with Gasteiger partial charge in [0.05, 0.1) is 4.90 Å². The molecule has 3 N–H and O–H groups in total. The molecule has 0 heterocycles. The minimum atomic E-state index is -3.85. The van der Waals surface area contributed by atoms with Gasteiger partial charge in [0.1, 0.15) is 0 Å². The van der Waals surface area contributed by atoms with Gasteiger partial charge in [-0.3, -0.25) is 9.52 Å². The number of benzene rings is 4. The van der Waals surface area contributed by atoms with E-state index in [0.29, 0.717) is 23.3 Å². The van der Waals surface area contributed by atoms with Crippen LogP contribution in [0.5, 0.6) is 0 Å². The normalized spacial score (nSPS) is 11.7. The first kappa shape index (κ1) is 24.3. The third-order valence-electron chi connectivity index (χ3n) is 5.57. The van der Waals surface area contributed by atoms with E-state index in [0.717, 1.165) is 16.6 Å². The number of amides is 1. The van der Waals surface area contributed by atoms with E-state index < -0.39 is 15.4 Å². The minimum absolute atomic E-state index is 0.113. The summed E-state index contributed by atoms with van der Waals surface area (Å²) >= 11 is 0. The smallest absolute Gasteiger partial charge is 0.262 e. The van der Waals surface area contributed by atoms with Gasteiger partial charge in [0, 0.05) is 39.8 Å². The highest BCUT2D eigenvalue weighted by Crippen LogP contribution is 2.30. The fourth-order valence-corrected chi connectivity index (χ4v) is 4.89. The Morgan fingerprint density at radius 3 is 2.06 bits per heavy atom. The minimum Gasteiger partial charge on any atom is -0.380 e. The lowest BCUT2D eigenvalue weighted by molar-refractivity contribution is -0.123. The molecule has 35 heavy (non-hydrogen) atoms. The lowest BCUT2D eigenvalue weighted by Crippen LogP contribution is -2.27. The van der Waals surface area contributed by atoms with E-state index in [-0.39, 0.29) is 10.8 Å². The Morgan fingerprint density at radius 2 is 1.37 bits per heavy atom. The summed E-state index contributed by atoms with van der Waals surface area (Å²) in [4.78, 5) is 12.4. The highest BCUT2D eigenvalue weighted by molar-refractivity contribution is 7.93. The maximum atomic E-state index is 13.3. The van der Waals surface area contributed by atoms with Crippen LogP contribution in [0.1, 0.15) is 26.3 Å². The molecule has 6 nitrogen and oxygen atoms in total. The van der Waals surface area contributed by atoms with Crippen molar-refractivity contribution in [2.24, 2.45) is 5.41 Å². The molecule has 7 heteroatoms. The fourth-order valence-electron chi connectivity index (χ4n) is 3.61. The number of carbonyl (C=O) groups excluding carboxylic acids is 1. The highest BCUT2D eigenvalue weighted by atomic mass is 32.2. The number of hydrogen-bond donors (Lipinski definition) is 3. The van der Waals surface area contributed by atoms with Gasteiger partial charge >= 0.3 is 0 Å². The van der Waals surface area contributed by atoms with Gasteiger partial charge < -0.3 is 10.6 Å². The number of nitrogens with one attached hydrogen (secondary N) is 3. The summed E-state index contributed by atoms with van der Waals surface area (Å²) in [7, 11) is -3.85. The zero-order valence-electron chi connectivity index (χ0n) is 20.0. The molecule has 0 radical (unpaired) electrons. The number of sulfonamides is 1. The van der Waals surface area contributed by atoms with E-state index in [1.807, 2.05) is 75.4 Å². The third-order valence-corrected chi connectivity index (χ3v) is 7.01. The van der Waals surface area contributed by atoms with Gasteiger partial charge in [-0.2, -0.15) is 0 Å². The lowest BCUT2D eigenvalue weighted by Gasteiger charge is -2.18. The first-order chi connectivity index (χ1) is 16.6. The first-order valence-corrected chi connectivity index (χ1v) is 12.9. The quantitative estimate of drug-likeness (QED) is 0.288. The van der Waals surface area contributed by atoms with Crippen LogP contribution in [0.2, 0.25) is 0 Å². The second-order valence-corrected chi connectivity index (χ2v) is 11.0. The van der Waals surface area contributed by atoms with Crippen molar-refractivity contribution in [1.82, 2.24) is 0 Å². The van der Waals surface area contributed by atoms with Crippen molar-refractivity contribution >= 4 is 43.8 Å². The Hall–Kier alpha value is -3.84. The van der Waals surface area contributed by atoms with Crippen molar-refractivity contribution < 1.29 is 13.2 Å². The molecule has 4 aromatic rings. The van der Waals surface area contributed by atoms with Gasteiger partial charge in [-0.25, -0.2) is 8.42 Å². The first-order valence-electron chi connectivity index (χ1n) is 11.4. The van der Waals surface area contributed by atoms with E-state index in [1.54, 1.807) is 36.4 Å². The van der Waals surface area contributed by atoms with E-state index in [9.17, 15) is 13.2 Å². The Kier molecular flexibility index (Phi) is 6.80. The topological polar surface area (TPSA) is 87.3 Å². The van der Waals surface area contributed by atoms with Gasteiger partial charge in [0.15, 0.2) is 0 Å². The third kappa shape index (κ3) is 5.81. The molecule has 0 saturated carbocycles. The van der Waals surface area contributed by atoms with Crippen molar-refractivity contribution in [2.75, 3.05) is 15.4 Å². The number of anilines is 3. The summed E-state index contributed by atoms with van der Waals surface area (Å²) in [6.07, 6.45) is 0. The Bertz CT molecular complexity index is 1440. The standard InChI is InChI=1S/C28H29N3O3S/c1-28(2,3)27(32)30-21-15-17-22(18-16-21)31-35(33,34)26-14-8-11-23-24(26)12-7-13-25(23)29-19-20-9-5-4-6-10-20/h4-18,29,31H,19H2,1-3H3,(H,30,32). The number of rotatable bonds is 7. The molecule has 1 amide bonds. The van der Waals surface area contributed by atoms with Gasteiger partial charge in [-0.15, -0.1) is 0 Å². The molecule has 0 unspecified atom stereocenters. The number of carbonyl (C=O) groups is 1. The molecule has 0 aliphatic rings. The van der Waals surface area contributed by atoms with Gasteiger partial charge in [-0.05, 0) is 42.0 Å². The lowest BCUT2D eigenvalue weighted by atomic mass is 9.95. The molecule has 180 valence electrons. The number of hydrogen-bond acceptors (Lipinski definition) is 4. The van der Waals surface area contributed by atoms with E-state index in [4.69, 9.17) is 0 Å². The molecule has 4 aromatic carbocycles. The molecule has 0 fully saturated rings. The summed E-state index contributed by atoms with van der Waals surface area (Å²) in [5.41, 5.74) is 2.49. The molecule has 0 spiro atoms. The van der Waals surface area contributed by atoms with Crippen molar-refractivity contribution in [1.29, 1.82) is 0 Å². The zero-order chi connectivity index (χ0) is 25.1. The maximum absolute atomic E-state index is 13.3. The highest BCUT2D eigenvalue weighted by Gasteiger charge is 2.21. The molecule has 0 aliphatic carbocycles. The molecule has 0 aromatic heterocycles. The molecule has 0 saturated heterocycles. The maximum Gasteiger partial charge on any atom is 0.262 e. The van der Waals surface area contributed by atoms with Crippen LogP contribution in [0.4, 0.5) is 17.1 Å². The Morgan fingerprint density at radius 1 is 0.743 bits per heavy atom. The van der Waals surface area contributed by atoms with Crippen LogP contribution in [0.3, 0.4) is 0 Å². The molecule has 4 rings (SSSR count). The molecule has 0 bridgehead atoms. The summed E-state index contributed by atoms with van der Waals surface area (Å²) in [5, 5.41) is 7.71. The molecular weight excluding hydrogens is 458 g/mol. The predicted molar refractivity (Wildman–Crippen MR) is 143 cm³/mol. The van der Waals surface area contributed by atoms with Crippen LogP contribution in [0.15, 0.2) is 95.9 Å². The second-order valence-electron chi connectivity index (χ2n) is 9.38. The van der Waals surface area contributed by atoms with Crippen molar-refractivity contribution in [3.05, 3.63) is 96.6 Å². The summed E-state index contributed by atoms with van der Waals surface area (Å²) < 4.78 is 29.3. The van der Waals surface area contributed by atoms with Crippen LogP contribution >= 0.6 is 0 Å². The largest absolute Gasteiger partial charge is 0.380 e. The van der Waals surface area contributed by atoms with Gasteiger partial charge in [0.25, 0.3) is 10.0 Å². The van der Waals surface area contributed by atoms with Crippen LogP contribution < -0.4 is 15.4 Å². The van der Waals surface area contributed by atoms with Crippen molar-refractivity contribution in [3.8, 4) is 0 Å².